The van der Waals surface area contributed by atoms with E-state index in [2.05, 4.69) is 58.3 Å². The Morgan fingerprint density at radius 2 is 1.61 bits per heavy atom. The first-order valence-electron chi connectivity index (χ1n) is 7.76. The molecule has 1 aromatic carbocycles. The summed E-state index contributed by atoms with van der Waals surface area (Å²) < 4.78 is 0. The van der Waals surface area contributed by atoms with Crippen molar-refractivity contribution in [3.63, 3.8) is 0 Å². The highest BCUT2D eigenvalue weighted by Crippen LogP contribution is 2.15. The van der Waals surface area contributed by atoms with Crippen molar-refractivity contribution in [1.29, 1.82) is 0 Å². The SMILES string of the molecule is CN(Cc1ccc(N(C)C)nc1)Cc1cc2ccccc2cn1. The predicted octanol–water partition coefficient (Wildman–Crippen LogP) is 3.33. The monoisotopic (exact) mass is 306 g/mol. The van der Waals surface area contributed by atoms with Crippen LogP contribution in [0.15, 0.2) is 54.9 Å². The third-order valence-corrected chi connectivity index (χ3v) is 3.84. The Morgan fingerprint density at radius 1 is 0.826 bits per heavy atom. The summed E-state index contributed by atoms with van der Waals surface area (Å²) in [6, 6.07) is 14.7. The van der Waals surface area contributed by atoms with Gasteiger partial charge >= 0.3 is 0 Å². The van der Waals surface area contributed by atoms with Gasteiger partial charge in [-0.05, 0) is 30.1 Å². The maximum Gasteiger partial charge on any atom is 0.127 e. The molecule has 3 aromatic rings. The van der Waals surface area contributed by atoms with Gasteiger partial charge in [-0.15, -0.1) is 0 Å². The van der Waals surface area contributed by atoms with Crippen LogP contribution in [0.4, 0.5) is 5.82 Å². The smallest absolute Gasteiger partial charge is 0.127 e. The van der Waals surface area contributed by atoms with Crippen molar-refractivity contribution in [1.82, 2.24) is 14.9 Å². The Labute approximate surface area is 137 Å². The molecule has 0 aliphatic heterocycles. The van der Waals surface area contributed by atoms with E-state index in [0.29, 0.717) is 0 Å². The number of nitrogens with zero attached hydrogens (tertiary/aromatic N) is 4. The second-order valence-electron chi connectivity index (χ2n) is 6.11. The highest BCUT2D eigenvalue weighted by molar-refractivity contribution is 5.81. The van der Waals surface area contributed by atoms with Gasteiger partial charge in [-0.2, -0.15) is 0 Å². The van der Waals surface area contributed by atoms with Crippen molar-refractivity contribution < 1.29 is 0 Å². The second-order valence-corrected chi connectivity index (χ2v) is 6.11. The summed E-state index contributed by atoms with van der Waals surface area (Å²) in [5.74, 6) is 0.979. The third-order valence-electron chi connectivity index (χ3n) is 3.84. The number of fused-ring (bicyclic) bond motifs is 1. The Hall–Kier alpha value is -2.46. The van der Waals surface area contributed by atoms with Gasteiger partial charge in [-0.3, -0.25) is 9.88 Å². The van der Waals surface area contributed by atoms with E-state index >= 15 is 0 Å². The topological polar surface area (TPSA) is 32.3 Å². The lowest BCUT2D eigenvalue weighted by atomic mass is 10.1. The number of hydrogen-bond acceptors (Lipinski definition) is 4. The van der Waals surface area contributed by atoms with E-state index in [4.69, 9.17) is 0 Å². The molecule has 0 saturated heterocycles. The zero-order valence-corrected chi connectivity index (χ0v) is 13.9. The molecule has 3 rings (SSSR count). The fraction of sp³-hybridized carbons (Fsp3) is 0.263. The summed E-state index contributed by atoms with van der Waals surface area (Å²) in [7, 11) is 6.11. The Bertz CT molecular complexity index is 781. The van der Waals surface area contributed by atoms with Crippen molar-refractivity contribution in [3.8, 4) is 0 Å². The van der Waals surface area contributed by atoms with Crippen molar-refractivity contribution >= 4 is 16.6 Å². The molecule has 4 nitrogen and oxygen atoms in total. The van der Waals surface area contributed by atoms with E-state index in [1.54, 1.807) is 0 Å². The van der Waals surface area contributed by atoms with Crippen molar-refractivity contribution in [2.75, 3.05) is 26.0 Å². The maximum absolute atomic E-state index is 4.56. The lowest BCUT2D eigenvalue weighted by Crippen LogP contribution is -2.18. The minimum atomic E-state index is 0.820. The number of benzene rings is 1. The van der Waals surface area contributed by atoms with Crippen LogP contribution in [0, 0.1) is 0 Å². The molecule has 0 amide bonds. The molecular formula is C19H22N4. The molecule has 118 valence electrons. The van der Waals surface area contributed by atoms with Gasteiger partial charge in [0, 0.05) is 45.0 Å². The van der Waals surface area contributed by atoms with Crippen molar-refractivity contribution in [2.45, 2.75) is 13.1 Å². The summed E-state index contributed by atoms with van der Waals surface area (Å²) in [5.41, 5.74) is 2.29. The van der Waals surface area contributed by atoms with E-state index < -0.39 is 0 Å². The maximum atomic E-state index is 4.56. The van der Waals surface area contributed by atoms with Crippen molar-refractivity contribution in [2.24, 2.45) is 0 Å². The van der Waals surface area contributed by atoms with Gasteiger partial charge in [-0.1, -0.05) is 30.3 Å². The van der Waals surface area contributed by atoms with Gasteiger partial charge < -0.3 is 4.90 Å². The number of aromatic nitrogens is 2. The first kappa shape index (κ1) is 15.4. The molecule has 0 bridgehead atoms. The van der Waals surface area contributed by atoms with Crippen LogP contribution < -0.4 is 4.90 Å². The molecule has 2 aromatic heterocycles. The number of pyridine rings is 2. The number of rotatable bonds is 5. The van der Waals surface area contributed by atoms with Gasteiger partial charge in [0.25, 0.3) is 0 Å². The molecule has 0 atom stereocenters. The number of hydrogen-bond donors (Lipinski definition) is 0. The molecule has 2 heterocycles. The molecule has 0 saturated carbocycles. The lowest BCUT2D eigenvalue weighted by molar-refractivity contribution is 0.315. The summed E-state index contributed by atoms with van der Waals surface area (Å²) in [6.45, 7) is 1.68. The van der Waals surface area contributed by atoms with Crippen molar-refractivity contribution in [3.05, 3.63) is 66.1 Å². The minimum Gasteiger partial charge on any atom is -0.363 e. The van der Waals surface area contributed by atoms with Crippen LogP contribution in [0.3, 0.4) is 0 Å². The van der Waals surface area contributed by atoms with Crippen LogP contribution in [-0.4, -0.2) is 36.0 Å². The van der Waals surface area contributed by atoms with Gasteiger partial charge in [0.2, 0.25) is 0 Å². The van der Waals surface area contributed by atoms with Gasteiger partial charge in [0.05, 0.1) is 5.69 Å². The quantitative estimate of drug-likeness (QED) is 0.724. The summed E-state index contributed by atoms with van der Waals surface area (Å²) >= 11 is 0. The van der Waals surface area contributed by atoms with Crippen LogP contribution in [0.2, 0.25) is 0 Å². The molecule has 0 radical (unpaired) electrons. The predicted molar refractivity (Wildman–Crippen MR) is 95.5 cm³/mol. The third kappa shape index (κ3) is 3.85. The van der Waals surface area contributed by atoms with E-state index in [-0.39, 0.29) is 0 Å². The zero-order chi connectivity index (χ0) is 16.2. The minimum absolute atomic E-state index is 0.820. The number of anilines is 1. The molecule has 0 fully saturated rings. The van der Waals surface area contributed by atoms with E-state index in [9.17, 15) is 0 Å². The fourth-order valence-corrected chi connectivity index (χ4v) is 2.63. The van der Waals surface area contributed by atoms with Crippen LogP contribution >= 0.6 is 0 Å². The van der Waals surface area contributed by atoms with Crippen LogP contribution in [-0.2, 0) is 13.1 Å². The fourth-order valence-electron chi connectivity index (χ4n) is 2.63. The average Bonchev–Trinajstić information content (AvgIpc) is 2.55. The standard InChI is InChI=1S/C19H22N4/c1-22(2)19-9-8-15(11-21-19)13-23(3)14-18-10-16-6-4-5-7-17(16)12-20-18/h4-12H,13-14H2,1-3H3. The normalized spacial score (nSPS) is 11.1. The average molecular weight is 306 g/mol. The Kier molecular flexibility index (Phi) is 4.53. The molecule has 0 spiro atoms. The van der Waals surface area contributed by atoms with Gasteiger partial charge in [0.1, 0.15) is 5.82 Å². The summed E-state index contributed by atoms with van der Waals surface area (Å²) in [5, 5.41) is 2.42. The molecule has 4 heteroatoms. The highest BCUT2D eigenvalue weighted by atomic mass is 15.1. The lowest BCUT2D eigenvalue weighted by Gasteiger charge is -2.17. The molecular weight excluding hydrogens is 284 g/mol. The van der Waals surface area contributed by atoms with Gasteiger partial charge in [0.15, 0.2) is 0 Å². The molecule has 0 N–H and O–H groups in total. The van der Waals surface area contributed by atoms with E-state index in [0.717, 1.165) is 24.6 Å². The Morgan fingerprint density at radius 3 is 2.30 bits per heavy atom. The molecule has 0 aliphatic carbocycles. The Balaban J connectivity index is 1.66. The summed E-state index contributed by atoms with van der Waals surface area (Å²) in [6.07, 6.45) is 3.89. The molecule has 0 unspecified atom stereocenters. The van der Waals surface area contributed by atoms with E-state index in [1.165, 1.54) is 16.3 Å². The largest absolute Gasteiger partial charge is 0.363 e. The van der Waals surface area contributed by atoms with Crippen LogP contribution in [0.5, 0.6) is 0 Å². The molecule has 0 aliphatic rings. The van der Waals surface area contributed by atoms with E-state index in [1.807, 2.05) is 37.5 Å². The van der Waals surface area contributed by atoms with Crippen LogP contribution in [0.25, 0.3) is 10.8 Å². The summed E-state index contributed by atoms with van der Waals surface area (Å²) in [4.78, 5) is 13.3. The first-order chi connectivity index (χ1) is 11.1. The first-order valence-corrected chi connectivity index (χ1v) is 7.76. The zero-order valence-electron chi connectivity index (χ0n) is 13.9. The molecule has 23 heavy (non-hydrogen) atoms. The van der Waals surface area contributed by atoms with Crippen LogP contribution in [0.1, 0.15) is 11.3 Å². The second kappa shape index (κ2) is 6.75. The van der Waals surface area contributed by atoms with Gasteiger partial charge in [-0.25, -0.2) is 4.98 Å². The highest BCUT2D eigenvalue weighted by Gasteiger charge is 2.05.